The van der Waals surface area contributed by atoms with Crippen molar-refractivity contribution in [2.24, 2.45) is 0 Å². The highest BCUT2D eigenvalue weighted by atomic mass is 16.6. The lowest BCUT2D eigenvalue weighted by molar-refractivity contribution is -0.0802. The average Bonchev–Trinajstić information content (AvgIpc) is 2.60. The van der Waals surface area contributed by atoms with Crippen LogP contribution in [0.15, 0.2) is 6.07 Å². The van der Waals surface area contributed by atoms with Gasteiger partial charge in [-0.2, -0.15) is 5.10 Å². The Morgan fingerprint density at radius 3 is 2.57 bits per heavy atom. The molecule has 0 radical (unpaired) electrons. The molecule has 0 amide bonds. The summed E-state index contributed by atoms with van der Waals surface area (Å²) in [6.07, 6.45) is -0.0120. The number of ether oxygens (including phenoxy) is 1. The van der Waals surface area contributed by atoms with Gasteiger partial charge in [-0.3, -0.25) is 4.68 Å². The van der Waals surface area contributed by atoms with Crippen molar-refractivity contribution in [3.05, 3.63) is 17.5 Å². The van der Waals surface area contributed by atoms with E-state index < -0.39 is 6.29 Å². The van der Waals surface area contributed by atoms with Crippen molar-refractivity contribution in [1.29, 1.82) is 0 Å². The fourth-order valence-corrected chi connectivity index (χ4v) is 1.41. The van der Waals surface area contributed by atoms with Crippen molar-refractivity contribution in [3.63, 3.8) is 0 Å². The SMILES string of the molecule is CCc1cc(C(O)OC)nn1C(C)C. The van der Waals surface area contributed by atoms with Gasteiger partial charge >= 0.3 is 0 Å². The second kappa shape index (κ2) is 4.57. The molecule has 1 heterocycles. The van der Waals surface area contributed by atoms with Gasteiger partial charge in [-0.1, -0.05) is 6.92 Å². The molecule has 1 unspecified atom stereocenters. The van der Waals surface area contributed by atoms with Gasteiger partial charge in [-0.05, 0) is 26.3 Å². The van der Waals surface area contributed by atoms with Crippen LogP contribution in [0.2, 0.25) is 0 Å². The van der Waals surface area contributed by atoms with E-state index in [4.69, 9.17) is 4.74 Å². The number of aliphatic hydroxyl groups excluding tert-OH is 1. The number of methoxy groups -OCH3 is 1. The number of rotatable bonds is 4. The molecule has 1 aromatic heterocycles. The molecule has 4 nitrogen and oxygen atoms in total. The first-order chi connectivity index (χ1) is 6.60. The Bertz CT molecular complexity index is 294. The number of hydrogen-bond donors (Lipinski definition) is 1. The standard InChI is InChI=1S/C10H18N2O2/c1-5-8-6-9(10(13)14-4)11-12(8)7(2)3/h6-7,10,13H,5H2,1-4H3. The molecular formula is C10H18N2O2. The van der Waals surface area contributed by atoms with E-state index in [2.05, 4.69) is 25.9 Å². The monoisotopic (exact) mass is 198 g/mol. The lowest BCUT2D eigenvalue weighted by Crippen LogP contribution is -2.08. The zero-order valence-electron chi connectivity index (χ0n) is 9.19. The van der Waals surface area contributed by atoms with E-state index in [9.17, 15) is 5.11 Å². The third-order valence-corrected chi connectivity index (χ3v) is 2.16. The van der Waals surface area contributed by atoms with Crippen LogP contribution >= 0.6 is 0 Å². The predicted molar refractivity (Wildman–Crippen MR) is 54.0 cm³/mol. The molecule has 0 bridgehead atoms. The molecule has 0 aliphatic rings. The Hall–Kier alpha value is -0.870. The molecular weight excluding hydrogens is 180 g/mol. The first-order valence-electron chi connectivity index (χ1n) is 4.89. The van der Waals surface area contributed by atoms with Crippen molar-refractivity contribution in [1.82, 2.24) is 9.78 Å². The highest BCUT2D eigenvalue weighted by Crippen LogP contribution is 2.17. The highest BCUT2D eigenvalue weighted by Gasteiger charge is 2.14. The molecule has 0 saturated carbocycles. The van der Waals surface area contributed by atoms with Crippen molar-refractivity contribution in [2.75, 3.05) is 7.11 Å². The van der Waals surface area contributed by atoms with Crippen LogP contribution < -0.4 is 0 Å². The minimum Gasteiger partial charge on any atom is -0.363 e. The van der Waals surface area contributed by atoms with Crippen molar-refractivity contribution < 1.29 is 9.84 Å². The van der Waals surface area contributed by atoms with E-state index in [1.807, 2.05) is 10.7 Å². The number of aliphatic hydroxyl groups is 1. The summed E-state index contributed by atoms with van der Waals surface area (Å²) >= 11 is 0. The highest BCUT2D eigenvalue weighted by molar-refractivity contribution is 5.12. The van der Waals surface area contributed by atoms with Crippen molar-refractivity contribution in [3.8, 4) is 0 Å². The summed E-state index contributed by atoms with van der Waals surface area (Å²) in [7, 11) is 1.46. The van der Waals surface area contributed by atoms with Crippen LogP contribution in [0.5, 0.6) is 0 Å². The van der Waals surface area contributed by atoms with E-state index in [0.717, 1.165) is 12.1 Å². The minimum atomic E-state index is -0.916. The molecule has 80 valence electrons. The Morgan fingerprint density at radius 2 is 2.21 bits per heavy atom. The lowest BCUT2D eigenvalue weighted by atomic mass is 10.3. The van der Waals surface area contributed by atoms with Crippen molar-refractivity contribution >= 4 is 0 Å². The molecule has 1 N–H and O–H groups in total. The molecule has 1 aromatic rings. The zero-order valence-corrected chi connectivity index (χ0v) is 9.19. The summed E-state index contributed by atoms with van der Waals surface area (Å²) in [5, 5.41) is 13.7. The van der Waals surface area contributed by atoms with Gasteiger partial charge in [0.2, 0.25) is 0 Å². The molecule has 0 fully saturated rings. The Kier molecular flexibility index (Phi) is 3.66. The van der Waals surface area contributed by atoms with Gasteiger partial charge in [0.15, 0.2) is 6.29 Å². The second-order valence-electron chi connectivity index (χ2n) is 3.54. The lowest BCUT2D eigenvalue weighted by Gasteiger charge is -2.09. The molecule has 0 aliphatic heterocycles. The van der Waals surface area contributed by atoms with Gasteiger partial charge < -0.3 is 9.84 Å². The van der Waals surface area contributed by atoms with Gasteiger partial charge in [0.05, 0.1) is 0 Å². The summed E-state index contributed by atoms with van der Waals surface area (Å²) < 4.78 is 6.72. The van der Waals surface area contributed by atoms with Crippen LogP contribution in [0.1, 0.15) is 44.5 Å². The van der Waals surface area contributed by atoms with E-state index in [0.29, 0.717) is 11.7 Å². The van der Waals surface area contributed by atoms with Gasteiger partial charge in [-0.15, -0.1) is 0 Å². The topological polar surface area (TPSA) is 47.3 Å². The van der Waals surface area contributed by atoms with E-state index in [-0.39, 0.29) is 0 Å². The van der Waals surface area contributed by atoms with Gasteiger partial charge in [0.1, 0.15) is 5.69 Å². The Balaban J connectivity index is 3.00. The second-order valence-corrected chi connectivity index (χ2v) is 3.54. The summed E-state index contributed by atoms with van der Waals surface area (Å²) in [6, 6.07) is 2.19. The molecule has 0 saturated heterocycles. The maximum absolute atomic E-state index is 9.45. The van der Waals surface area contributed by atoms with Crippen LogP contribution in [0.25, 0.3) is 0 Å². The number of hydrogen-bond acceptors (Lipinski definition) is 3. The Morgan fingerprint density at radius 1 is 1.57 bits per heavy atom. The Labute approximate surface area is 84.5 Å². The molecule has 0 aliphatic carbocycles. The first kappa shape index (κ1) is 11.2. The normalized spacial score (nSPS) is 13.6. The number of aromatic nitrogens is 2. The molecule has 1 atom stereocenters. The summed E-state index contributed by atoms with van der Waals surface area (Å²) in [5.41, 5.74) is 1.70. The smallest absolute Gasteiger partial charge is 0.200 e. The summed E-state index contributed by atoms with van der Waals surface area (Å²) in [4.78, 5) is 0. The molecule has 0 aromatic carbocycles. The van der Waals surface area contributed by atoms with Crippen molar-refractivity contribution in [2.45, 2.75) is 39.5 Å². The minimum absolute atomic E-state index is 0.308. The van der Waals surface area contributed by atoms with E-state index >= 15 is 0 Å². The largest absolute Gasteiger partial charge is 0.363 e. The van der Waals surface area contributed by atoms with Crippen LogP contribution in [-0.2, 0) is 11.2 Å². The molecule has 14 heavy (non-hydrogen) atoms. The average molecular weight is 198 g/mol. The quantitative estimate of drug-likeness (QED) is 0.748. The van der Waals surface area contributed by atoms with Crippen LogP contribution in [0, 0.1) is 0 Å². The molecule has 4 heteroatoms. The summed E-state index contributed by atoms with van der Waals surface area (Å²) in [6.45, 7) is 6.20. The first-order valence-corrected chi connectivity index (χ1v) is 4.89. The predicted octanol–water partition coefficient (Wildman–Crippen LogP) is 1.66. The van der Waals surface area contributed by atoms with Gasteiger partial charge in [0, 0.05) is 18.8 Å². The van der Waals surface area contributed by atoms with Crippen LogP contribution in [0.3, 0.4) is 0 Å². The number of aryl methyl sites for hydroxylation is 1. The maximum Gasteiger partial charge on any atom is 0.200 e. The van der Waals surface area contributed by atoms with Gasteiger partial charge in [0.25, 0.3) is 0 Å². The van der Waals surface area contributed by atoms with Crippen LogP contribution in [-0.4, -0.2) is 22.0 Å². The van der Waals surface area contributed by atoms with Crippen LogP contribution in [0.4, 0.5) is 0 Å². The fourth-order valence-electron chi connectivity index (χ4n) is 1.41. The maximum atomic E-state index is 9.45. The molecule has 0 spiro atoms. The third-order valence-electron chi connectivity index (χ3n) is 2.16. The third kappa shape index (κ3) is 2.13. The van der Waals surface area contributed by atoms with Gasteiger partial charge in [-0.25, -0.2) is 0 Å². The van der Waals surface area contributed by atoms with E-state index in [1.54, 1.807) is 0 Å². The number of nitrogens with zero attached hydrogens (tertiary/aromatic N) is 2. The van der Waals surface area contributed by atoms with E-state index in [1.165, 1.54) is 7.11 Å². The fraction of sp³-hybridized carbons (Fsp3) is 0.700. The summed E-state index contributed by atoms with van der Waals surface area (Å²) in [5.74, 6) is 0. The molecule has 1 rings (SSSR count). The zero-order chi connectivity index (χ0) is 10.7.